The van der Waals surface area contributed by atoms with Gasteiger partial charge in [-0.2, -0.15) is 0 Å². The predicted molar refractivity (Wildman–Crippen MR) is 70.1 cm³/mol. The van der Waals surface area contributed by atoms with Crippen molar-refractivity contribution in [3.63, 3.8) is 0 Å². The molecular weight excluding hydrogens is 228 g/mol. The number of hydrogen-bond donors (Lipinski definition) is 1. The first-order valence-corrected chi connectivity index (χ1v) is 6.50. The molecule has 4 nitrogen and oxygen atoms in total. The van der Waals surface area contributed by atoms with Crippen molar-refractivity contribution in [2.75, 3.05) is 7.05 Å². The molecule has 1 saturated heterocycles. The monoisotopic (exact) mass is 250 g/mol. The fourth-order valence-corrected chi connectivity index (χ4v) is 2.63. The summed E-state index contributed by atoms with van der Waals surface area (Å²) in [6, 6.07) is 4.14. The first-order valence-electron chi connectivity index (χ1n) is 6.50. The lowest BCUT2D eigenvalue weighted by atomic mass is 9.95. The Hall–Kier alpha value is -0.970. The molecule has 1 aromatic rings. The van der Waals surface area contributed by atoms with Crippen LogP contribution in [0.3, 0.4) is 0 Å². The molecule has 1 N–H and O–H groups in total. The van der Waals surface area contributed by atoms with Crippen LogP contribution < -0.4 is 0 Å². The van der Waals surface area contributed by atoms with Gasteiger partial charge in [0.2, 0.25) is 0 Å². The summed E-state index contributed by atoms with van der Waals surface area (Å²) in [7, 11) is 2.05. The number of rotatable bonds is 3. The summed E-state index contributed by atoms with van der Waals surface area (Å²) < 4.78 is 5.64. The highest BCUT2D eigenvalue weighted by molar-refractivity contribution is 5.08. The number of nitrogens with zero attached hydrogens (tertiary/aromatic N) is 2. The van der Waals surface area contributed by atoms with E-state index in [1.54, 1.807) is 6.20 Å². The van der Waals surface area contributed by atoms with Crippen molar-refractivity contribution >= 4 is 0 Å². The van der Waals surface area contributed by atoms with Gasteiger partial charge in [-0.3, -0.25) is 9.88 Å². The second-order valence-electron chi connectivity index (χ2n) is 5.22. The topological polar surface area (TPSA) is 45.6 Å². The molecule has 4 atom stereocenters. The molecule has 1 aromatic heterocycles. The van der Waals surface area contributed by atoms with E-state index in [-0.39, 0.29) is 18.2 Å². The number of ether oxygens (including phenoxy) is 1. The van der Waals surface area contributed by atoms with Crippen LogP contribution in [0.15, 0.2) is 24.5 Å². The fraction of sp³-hybridized carbons (Fsp3) is 0.643. The Kier molecular flexibility index (Phi) is 4.32. The molecule has 1 aliphatic rings. The number of hydrogen-bond acceptors (Lipinski definition) is 4. The molecule has 100 valence electrons. The Morgan fingerprint density at radius 2 is 2.28 bits per heavy atom. The van der Waals surface area contributed by atoms with Gasteiger partial charge in [-0.15, -0.1) is 0 Å². The van der Waals surface area contributed by atoms with E-state index in [1.807, 2.05) is 26.2 Å². The molecule has 1 aliphatic heterocycles. The van der Waals surface area contributed by atoms with Gasteiger partial charge in [0.05, 0.1) is 18.3 Å². The molecule has 0 saturated carbocycles. The quantitative estimate of drug-likeness (QED) is 0.881. The molecule has 2 rings (SSSR count). The van der Waals surface area contributed by atoms with Crippen LogP contribution in [0.5, 0.6) is 0 Å². The summed E-state index contributed by atoms with van der Waals surface area (Å²) in [6.45, 7) is 4.80. The Morgan fingerprint density at radius 3 is 2.94 bits per heavy atom. The van der Waals surface area contributed by atoms with Gasteiger partial charge in [-0.1, -0.05) is 6.07 Å². The lowest BCUT2D eigenvalue weighted by Gasteiger charge is -2.41. The molecule has 18 heavy (non-hydrogen) atoms. The van der Waals surface area contributed by atoms with Gasteiger partial charge < -0.3 is 9.84 Å². The third kappa shape index (κ3) is 3.07. The number of likely N-dealkylation sites (N-methyl/N-ethyl adjacent to an activating group) is 1. The zero-order valence-corrected chi connectivity index (χ0v) is 11.3. The molecular formula is C14H22N2O2. The minimum absolute atomic E-state index is 0.102. The Morgan fingerprint density at radius 1 is 1.50 bits per heavy atom. The standard InChI is InChI=1S/C14H22N2O2/c1-10-7-13(14(17)11(2)18-10)16(3)9-12-5-4-6-15-8-12/h4-6,8,10-11,13-14,17H,7,9H2,1-3H3/t10-,11+,13?,14?/m1/s1. The lowest BCUT2D eigenvalue weighted by molar-refractivity contribution is -0.138. The van der Waals surface area contributed by atoms with Gasteiger partial charge in [0.15, 0.2) is 0 Å². The van der Waals surface area contributed by atoms with E-state index in [9.17, 15) is 5.11 Å². The second kappa shape index (κ2) is 5.78. The summed E-state index contributed by atoms with van der Waals surface area (Å²) in [4.78, 5) is 6.31. The number of aliphatic hydroxyl groups excluding tert-OH is 1. The van der Waals surface area contributed by atoms with Crippen molar-refractivity contribution in [2.24, 2.45) is 0 Å². The minimum Gasteiger partial charge on any atom is -0.389 e. The molecule has 0 bridgehead atoms. The van der Waals surface area contributed by atoms with Crippen molar-refractivity contribution in [3.8, 4) is 0 Å². The average Bonchev–Trinajstić information content (AvgIpc) is 2.35. The van der Waals surface area contributed by atoms with Crippen molar-refractivity contribution < 1.29 is 9.84 Å². The molecule has 0 amide bonds. The van der Waals surface area contributed by atoms with Crippen molar-refractivity contribution in [3.05, 3.63) is 30.1 Å². The SMILES string of the molecule is C[C@@H]1CC(N(C)Cc2cccnc2)C(O)[C@H](C)O1. The van der Waals surface area contributed by atoms with Gasteiger partial charge in [-0.05, 0) is 38.9 Å². The summed E-state index contributed by atoms with van der Waals surface area (Å²) in [5.74, 6) is 0. The smallest absolute Gasteiger partial charge is 0.0954 e. The van der Waals surface area contributed by atoms with E-state index in [0.717, 1.165) is 13.0 Å². The second-order valence-corrected chi connectivity index (χ2v) is 5.22. The molecule has 0 radical (unpaired) electrons. The van der Waals surface area contributed by atoms with E-state index in [1.165, 1.54) is 5.56 Å². The van der Waals surface area contributed by atoms with Crippen LogP contribution >= 0.6 is 0 Å². The third-order valence-electron chi connectivity index (χ3n) is 3.62. The summed E-state index contributed by atoms with van der Waals surface area (Å²) in [6.07, 6.45) is 4.18. The number of aromatic nitrogens is 1. The fourth-order valence-electron chi connectivity index (χ4n) is 2.63. The Bertz CT molecular complexity index is 371. The predicted octanol–water partition coefficient (Wildman–Crippen LogP) is 1.44. The van der Waals surface area contributed by atoms with Gasteiger partial charge in [0.25, 0.3) is 0 Å². The summed E-state index contributed by atoms with van der Waals surface area (Å²) >= 11 is 0. The van der Waals surface area contributed by atoms with Gasteiger partial charge in [-0.25, -0.2) is 0 Å². The largest absolute Gasteiger partial charge is 0.389 e. The molecule has 2 unspecified atom stereocenters. The molecule has 0 aliphatic carbocycles. The van der Waals surface area contributed by atoms with E-state index in [0.29, 0.717) is 0 Å². The Labute approximate surface area is 109 Å². The van der Waals surface area contributed by atoms with Crippen LogP contribution in [-0.4, -0.2) is 46.4 Å². The van der Waals surface area contributed by atoms with Crippen molar-refractivity contribution in [1.82, 2.24) is 9.88 Å². The van der Waals surface area contributed by atoms with E-state index in [4.69, 9.17) is 4.74 Å². The Balaban J connectivity index is 2.01. The third-order valence-corrected chi connectivity index (χ3v) is 3.62. The zero-order chi connectivity index (χ0) is 13.1. The maximum absolute atomic E-state index is 10.2. The molecule has 0 spiro atoms. The highest BCUT2D eigenvalue weighted by Gasteiger charge is 2.35. The number of aliphatic hydroxyl groups is 1. The van der Waals surface area contributed by atoms with Gasteiger partial charge in [0, 0.05) is 25.0 Å². The van der Waals surface area contributed by atoms with E-state index in [2.05, 4.69) is 22.9 Å². The van der Waals surface area contributed by atoms with Crippen LogP contribution in [-0.2, 0) is 11.3 Å². The van der Waals surface area contributed by atoms with Crippen LogP contribution in [0.4, 0.5) is 0 Å². The molecule has 0 aromatic carbocycles. The molecule has 2 heterocycles. The average molecular weight is 250 g/mol. The van der Waals surface area contributed by atoms with Gasteiger partial charge in [0.1, 0.15) is 0 Å². The number of pyridine rings is 1. The van der Waals surface area contributed by atoms with E-state index < -0.39 is 6.10 Å². The van der Waals surface area contributed by atoms with Crippen molar-refractivity contribution in [2.45, 2.75) is 51.2 Å². The van der Waals surface area contributed by atoms with Crippen molar-refractivity contribution in [1.29, 1.82) is 0 Å². The maximum atomic E-state index is 10.2. The maximum Gasteiger partial charge on any atom is 0.0954 e. The van der Waals surface area contributed by atoms with E-state index >= 15 is 0 Å². The highest BCUT2D eigenvalue weighted by Crippen LogP contribution is 2.24. The van der Waals surface area contributed by atoms with Crippen LogP contribution in [0, 0.1) is 0 Å². The molecule has 1 fully saturated rings. The first kappa shape index (κ1) is 13.5. The minimum atomic E-state index is -0.428. The first-order chi connectivity index (χ1) is 8.58. The molecule has 4 heteroatoms. The van der Waals surface area contributed by atoms with Crippen LogP contribution in [0.25, 0.3) is 0 Å². The van der Waals surface area contributed by atoms with Crippen LogP contribution in [0.1, 0.15) is 25.8 Å². The normalized spacial score (nSPS) is 32.7. The van der Waals surface area contributed by atoms with Crippen LogP contribution in [0.2, 0.25) is 0 Å². The summed E-state index contributed by atoms with van der Waals surface area (Å²) in [5, 5.41) is 10.2. The highest BCUT2D eigenvalue weighted by atomic mass is 16.5. The zero-order valence-electron chi connectivity index (χ0n) is 11.3. The van der Waals surface area contributed by atoms with Gasteiger partial charge >= 0.3 is 0 Å². The lowest BCUT2D eigenvalue weighted by Crippen LogP contribution is -2.53. The summed E-state index contributed by atoms with van der Waals surface area (Å²) in [5.41, 5.74) is 1.17.